The Bertz CT molecular complexity index is 28.4. The molecule has 0 aliphatic carbocycles. The van der Waals surface area contributed by atoms with Crippen LogP contribution in [0.15, 0.2) is 0 Å². The van der Waals surface area contributed by atoms with E-state index in [2.05, 4.69) is 13.8 Å². The fourth-order valence-electron chi connectivity index (χ4n) is 0.500. The van der Waals surface area contributed by atoms with Crippen molar-refractivity contribution in [1.82, 2.24) is 6.15 Å². The molecule has 0 atom stereocenters. The summed E-state index contributed by atoms with van der Waals surface area (Å²) >= 11 is 0. The Morgan fingerprint density at radius 2 is 1.10 bits per heavy atom. The summed E-state index contributed by atoms with van der Waals surface area (Å²) < 4.78 is 0. The normalized spacial score (nSPS) is 7.20. The van der Waals surface area contributed by atoms with Gasteiger partial charge in [0.25, 0.3) is 0 Å². The fourth-order valence-corrected chi connectivity index (χ4v) is 0.500. The molecule has 2 heteroatoms. The molecule has 4 N–H and O–H groups in total. The van der Waals surface area contributed by atoms with Crippen molar-refractivity contribution in [3.8, 4) is 0 Å². The molecule has 0 bridgehead atoms. The molecule has 2 nitrogen and oxygen atoms in total. The number of aliphatic hydroxyl groups excluding tert-OH is 1. The molecule has 0 spiro atoms. The maximum Gasteiger partial charge on any atom is 0.0402 e. The van der Waals surface area contributed by atoms with Crippen molar-refractivity contribution in [2.75, 3.05) is 6.61 Å². The van der Waals surface area contributed by atoms with E-state index < -0.39 is 0 Å². The summed E-state index contributed by atoms with van der Waals surface area (Å²) in [6, 6.07) is 0. The van der Waals surface area contributed by atoms with Gasteiger partial charge < -0.3 is 11.3 Å². The minimum absolute atomic E-state index is 0. The van der Waals surface area contributed by atoms with Gasteiger partial charge in [-0.2, -0.15) is 0 Å². The van der Waals surface area contributed by atoms with Crippen LogP contribution in [0.2, 0.25) is 0 Å². The van der Waals surface area contributed by atoms with Crippen molar-refractivity contribution in [2.24, 2.45) is 0 Å². The molecule has 0 fully saturated rings. The first-order valence-electron chi connectivity index (χ1n) is 3.94. The van der Waals surface area contributed by atoms with Crippen molar-refractivity contribution in [3.05, 3.63) is 0 Å². The van der Waals surface area contributed by atoms with E-state index in [1.165, 1.54) is 25.7 Å². The van der Waals surface area contributed by atoms with Crippen LogP contribution < -0.4 is 6.15 Å². The molecule has 0 amide bonds. The molecule has 0 aliphatic heterocycles. The van der Waals surface area contributed by atoms with Gasteiger partial charge >= 0.3 is 0 Å². The van der Waals surface area contributed by atoms with Crippen molar-refractivity contribution < 1.29 is 5.11 Å². The summed E-state index contributed by atoms with van der Waals surface area (Å²) in [5.41, 5.74) is 0. The molecule has 0 aliphatic rings. The predicted molar refractivity (Wildman–Crippen MR) is 47.6 cm³/mol. The molecule has 0 aromatic rings. The lowest BCUT2D eigenvalue weighted by Gasteiger charge is -1.86. The molecule has 0 rings (SSSR count). The number of hydrogen-bond donors (Lipinski definition) is 2. The first-order valence-corrected chi connectivity index (χ1v) is 3.94. The van der Waals surface area contributed by atoms with E-state index >= 15 is 0 Å². The van der Waals surface area contributed by atoms with Crippen LogP contribution in [0, 0.1) is 0 Å². The standard InChI is InChI=1S/C6H14.C2H6O.H3N/c1-3-5-6-4-2;1-2-3;/h3-6H2,1-2H3;3H,2H2,1H3;1H3. The molecule has 0 aromatic carbocycles. The number of aliphatic hydroxyl groups is 1. The highest BCUT2D eigenvalue weighted by Crippen LogP contribution is 1.95. The van der Waals surface area contributed by atoms with Gasteiger partial charge in [0, 0.05) is 6.61 Å². The molecule has 66 valence electrons. The number of rotatable bonds is 3. The van der Waals surface area contributed by atoms with Crippen LogP contribution >= 0.6 is 0 Å². The zero-order valence-corrected chi connectivity index (χ0v) is 7.69. The maximum atomic E-state index is 7.57. The molecule has 10 heavy (non-hydrogen) atoms. The van der Waals surface area contributed by atoms with Gasteiger partial charge in [0.15, 0.2) is 0 Å². The second-order valence-electron chi connectivity index (χ2n) is 2.02. The predicted octanol–water partition coefficient (Wildman–Crippen LogP) is 2.75. The second kappa shape index (κ2) is 23.1. The summed E-state index contributed by atoms with van der Waals surface area (Å²) in [6.07, 6.45) is 5.54. The highest BCUT2D eigenvalue weighted by atomic mass is 16.2. The van der Waals surface area contributed by atoms with E-state index in [0.717, 1.165) is 0 Å². The summed E-state index contributed by atoms with van der Waals surface area (Å²) in [6.45, 7) is 6.39. The Morgan fingerprint density at radius 3 is 1.20 bits per heavy atom. The molecule has 0 unspecified atom stereocenters. The summed E-state index contributed by atoms with van der Waals surface area (Å²) in [7, 11) is 0. The minimum Gasteiger partial charge on any atom is -0.397 e. The van der Waals surface area contributed by atoms with Crippen molar-refractivity contribution >= 4 is 0 Å². The molecule has 0 radical (unpaired) electrons. The summed E-state index contributed by atoms with van der Waals surface area (Å²) in [5.74, 6) is 0. The Morgan fingerprint density at radius 1 is 0.900 bits per heavy atom. The summed E-state index contributed by atoms with van der Waals surface area (Å²) in [5, 5.41) is 7.57. The first-order chi connectivity index (χ1) is 4.33. The van der Waals surface area contributed by atoms with E-state index in [1.807, 2.05) is 0 Å². The van der Waals surface area contributed by atoms with Gasteiger partial charge in [0.05, 0.1) is 0 Å². The second-order valence-corrected chi connectivity index (χ2v) is 2.02. The third-order valence-corrected chi connectivity index (χ3v) is 0.957. The van der Waals surface area contributed by atoms with E-state index in [-0.39, 0.29) is 12.8 Å². The molecule has 0 heterocycles. The highest BCUT2D eigenvalue weighted by Gasteiger charge is 1.75. The molecule has 0 saturated carbocycles. The van der Waals surface area contributed by atoms with Gasteiger partial charge in [-0.15, -0.1) is 0 Å². The van der Waals surface area contributed by atoms with Crippen LogP contribution in [-0.4, -0.2) is 11.7 Å². The Hall–Kier alpha value is -0.0800. The third-order valence-electron chi connectivity index (χ3n) is 0.957. The zero-order valence-electron chi connectivity index (χ0n) is 7.69. The van der Waals surface area contributed by atoms with E-state index in [1.54, 1.807) is 6.92 Å². The van der Waals surface area contributed by atoms with Crippen LogP contribution in [0.3, 0.4) is 0 Å². The molecular weight excluding hydrogens is 126 g/mol. The van der Waals surface area contributed by atoms with Gasteiger partial charge in [-0.25, -0.2) is 0 Å². The topological polar surface area (TPSA) is 55.2 Å². The van der Waals surface area contributed by atoms with Crippen LogP contribution in [0.5, 0.6) is 0 Å². The van der Waals surface area contributed by atoms with Crippen LogP contribution in [0.25, 0.3) is 0 Å². The van der Waals surface area contributed by atoms with E-state index in [9.17, 15) is 0 Å². The lowest BCUT2D eigenvalue weighted by Crippen LogP contribution is -1.66. The summed E-state index contributed by atoms with van der Waals surface area (Å²) in [4.78, 5) is 0. The SMILES string of the molecule is CCCCCC.CCO.N. The lowest BCUT2D eigenvalue weighted by molar-refractivity contribution is 0.318. The third kappa shape index (κ3) is 44.5. The van der Waals surface area contributed by atoms with Gasteiger partial charge in [-0.1, -0.05) is 39.5 Å². The fraction of sp³-hybridized carbons (Fsp3) is 1.00. The average molecular weight is 149 g/mol. The first kappa shape index (κ1) is 16.5. The number of hydrogen-bond acceptors (Lipinski definition) is 2. The number of unbranched alkanes of at least 4 members (excludes halogenated alkanes) is 3. The largest absolute Gasteiger partial charge is 0.397 e. The van der Waals surface area contributed by atoms with E-state index in [4.69, 9.17) is 5.11 Å². The van der Waals surface area contributed by atoms with Crippen molar-refractivity contribution in [3.63, 3.8) is 0 Å². The maximum absolute atomic E-state index is 7.57. The molecule has 0 aromatic heterocycles. The van der Waals surface area contributed by atoms with Crippen LogP contribution in [-0.2, 0) is 0 Å². The highest BCUT2D eigenvalue weighted by molar-refractivity contribution is 4.31. The van der Waals surface area contributed by atoms with Gasteiger partial charge in [0.1, 0.15) is 0 Å². The Labute approximate surface area is 65.2 Å². The smallest absolute Gasteiger partial charge is 0.0402 e. The van der Waals surface area contributed by atoms with Gasteiger partial charge in [-0.3, -0.25) is 0 Å². The minimum atomic E-state index is 0. The monoisotopic (exact) mass is 149 g/mol. The lowest BCUT2D eigenvalue weighted by atomic mass is 10.2. The van der Waals surface area contributed by atoms with Crippen molar-refractivity contribution in [2.45, 2.75) is 46.5 Å². The van der Waals surface area contributed by atoms with E-state index in [0.29, 0.717) is 0 Å². The average Bonchev–Trinajstić information content (AvgIpc) is 1.86. The quantitative estimate of drug-likeness (QED) is 0.606. The van der Waals surface area contributed by atoms with Gasteiger partial charge in [0.2, 0.25) is 0 Å². The Kier molecular flexibility index (Phi) is 38.1. The molecule has 0 saturated heterocycles. The van der Waals surface area contributed by atoms with Crippen LogP contribution in [0.4, 0.5) is 0 Å². The zero-order chi connectivity index (χ0) is 7.54. The van der Waals surface area contributed by atoms with Gasteiger partial charge in [-0.05, 0) is 6.92 Å². The van der Waals surface area contributed by atoms with Crippen molar-refractivity contribution in [1.29, 1.82) is 0 Å². The Balaban J connectivity index is -0.000000107. The molecular formula is C8H23NO. The van der Waals surface area contributed by atoms with Crippen LogP contribution in [0.1, 0.15) is 46.5 Å².